The number of nitroso groups, excluding NO2 is 1. The van der Waals surface area contributed by atoms with Crippen molar-refractivity contribution < 1.29 is 4.76 Å². The van der Waals surface area contributed by atoms with Crippen molar-refractivity contribution >= 4 is 11.4 Å². The minimum atomic E-state index is 0.514. The normalized spacial score (nSPS) is 9.30. The molecule has 0 amide bonds. The summed E-state index contributed by atoms with van der Waals surface area (Å²) in [6.45, 7) is 0. The van der Waals surface area contributed by atoms with Crippen LogP contribution in [0.2, 0.25) is 0 Å². The van der Waals surface area contributed by atoms with Gasteiger partial charge in [0.15, 0.2) is 7.05 Å². The lowest BCUT2D eigenvalue weighted by Gasteiger charge is -1.90. The van der Waals surface area contributed by atoms with Gasteiger partial charge >= 0.3 is 0 Å². The Balaban J connectivity index is 3.15. The number of para-hydroxylation sites is 2. The van der Waals surface area contributed by atoms with Gasteiger partial charge in [-0.15, -0.1) is 0 Å². The van der Waals surface area contributed by atoms with Gasteiger partial charge in [-0.1, -0.05) is 12.1 Å². The van der Waals surface area contributed by atoms with E-state index in [0.29, 0.717) is 11.4 Å². The van der Waals surface area contributed by atoms with Gasteiger partial charge in [0.05, 0.1) is 0 Å². The second-order valence-electron chi connectivity index (χ2n) is 2.06. The SMILES string of the molecule is C[N+](=O)c1ccccc1N. The Labute approximate surface area is 59.0 Å². The third kappa shape index (κ3) is 1.13. The number of anilines is 1. The minimum Gasteiger partial charge on any atom is -0.393 e. The number of nitrogens with two attached hydrogens (primary N) is 1. The highest BCUT2D eigenvalue weighted by Crippen LogP contribution is 2.17. The molecule has 0 radical (unpaired) electrons. The molecule has 0 heterocycles. The van der Waals surface area contributed by atoms with Crippen LogP contribution in [0, 0.1) is 4.91 Å². The Morgan fingerprint density at radius 1 is 1.40 bits per heavy atom. The molecule has 3 heteroatoms. The van der Waals surface area contributed by atoms with Crippen LogP contribution < -0.4 is 5.73 Å². The standard InChI is InChI=1S/C7H9N2O/c1-9(10)7-5-3-2-4-6(7)8/h2-5H,8H2,1H3/q+1. The van der Waals surface area contributed by atoms with Crippen LogP contribution in [0.4, 0.5) is 11.4 Å². The number of hydrogen-bond donors (Lipinski definition) is 1. The van der Waals surface area contributed by atoms with E-state index in [9.17, 15) is 4.91 Å². The first-order valence-electron chi connectivity index (χ1n) is 2.97. The zero-order valence-corrected chi connectivity index (χ0v) is 5.74. The Morgan fingerprint density at radius 3 is 2.40 bits per heavy atom. The highest BCUT2D eigenvalue weighted by molar-refractivity contribution is 5.56. The largest absolute Gasteiger partial charge is 0.393 e. The number of benzene rings is 1. The second-order valence-corrected chi connectivity index (χ2v) is 2.06. The Bertz CT molecular complexity index is 258. The molecule has 0 bridgehead atoms. The first kappa shape index (κ1) is 6.74. The number of nitrogens with zero attached hydrogens (tertiary/aromatic N) is 1. The van der Waals surface area contributed by atoms with Crippen molar-refractivity contribution in [2.24, 2.45) is 0 Å². The van der Waals surface area contributed by atoms with Crippen LogP contribution in [0.5, 0.6) is 0 Å². The molecule has 0 aliphatic carbocycles. The molecule has 52 valence electrons. The van der Waals surface area contributed by atoms with Crippen molar-refractivity contribution in [2.45, 2.75) is 0 Å². The smallest absolute Gasteiger partial charge is 0.278 e. The Morgan fingerprint density at radius 2 is 2.00 bits per heavy atom. The van der Waals surface area contributed by atoms with Gasteiger partial charge < -0.3 is 5.73 Å². The van der Waals surface area contributed by atoms with Gasteiger partial charge in [-0.2, -0.15) is 0 Å². The van der Waals surface area contributed by atoms with Crippen LogP contribution in [0.3, 0.4) is 0 Å². The number of hydrogen-bond acceptors (Lipinski definition) is 2. The Kier molecular flexibility index (Phi) is 1.67. The van der Waals surface area contributed by atoms with E-state index in [1.165, 1.54) is 7.05 Å². The maximum absolute atomic E-state index is 10.7. The predicted octanol–water partition coefficient (Wildman–Crippen LogP) is 1.31. The third-order valence-corrected chi connectivity index (χ3v) is 1.28. The predicted molar refractivity (Wildman–Crippen MR) is 40.1 cm³/mol. The van der Waals surface area contributed by atoms with Crippen molar-refractivity contribution in [3.63, 3.8) is 0 Å². The van der Waals surface area contributed by atoms with Gasteiger partial charge in [-0.05, 0) is 6.07 Å². The summed E-state index contributed by atoms with van der Waals surface area (Å²) in [5.74, 6) is 0. The van der Waals surface area contributed by atoms with E-state index in [0.717, 1.165) is 4.76 Å². The molecule has 3 nitrogen and oxygen atoms in total. The molecule has 1 aromatic carbocycles. The molecule has 0 spiro atoms. The van der Waals surface area contributed by atoms with Gasteiger partial charge in [0.25, 0.3) is 5.69 Å². The summed E-state index contributed by atoms with van der Waals surface area (Å²) in [5, 5.41) is 0. The molecule has 1 aromatic rings. The van der Waals surface area contributed by atoms with E-state index < -0.39 is 0 Å². The molecule has 0 aromatic heterocycles. The van der Waals surface area contributed by atoms with Crippen LogP contribution in [-0.4, -0.2) is 11.8 Å². The molecule has 2 N–H and O–H groups in total. The van der Waals surface area contributed by atoms with Crippen LogP contribution in [-0.2, 0) is 0 Å². The summed E-state index contributed by atoms with van der Waals surface area (Å²) >= 11 is 0. The van der Waals surface area contributed by atoms with E-state index in [-0.39, 0.29) is 0 Å². The van der Waals surface area contributed by atoms with Gasteiger partial charge in [0.2, 0.25) is 0 Å². The van der Waals surface area contributed by atoms with E-state index >= 15 is 0 Å². The van der Waals surface area contributed by atoms with Crippen molar-refractivity contribution in [2.75, 3.05) is 12.8 Å². The first-order chi connectivity index (χ1) is 4.72. The molecule has 0 aliphatic heterocycles. The molecular weight excluding hydrogens is 128 g/mol. The summed E-state index contributed by atoms with van der Waals surface area (Å²) in [4.78, 5) is 10.7. The summed E-state index contributed by atoms with van der Waals surface area (Å²) in [5.41, 5.74) is 6.51. The van der Waals surface area contributed by atoms with Gasteiger partial charge in [-0.3, -0.25) is 0 Å². The zero-order valence-electron chi connectivity index (χ0n) is 5.74. The maximum Gasteiger partial charge on any atom is 0.278 e. The highest BCUT2D eigenvalue weighted by Gasteiger charge is 2.08. The average Bonchev–Trinajstić information content (AvgIpc) is 1.88. The third-order valence-electron chi connectivity index (χ3n) is 1.28. The van der Waals surface area contributed by atoms with Gasteiger partial charge in [-0.25, -0.2) is 0 Å². The fourth-order valence-electron chi connectivity index (χ4n) is 0.774. The zero-order chi connectivity index (χ0) is 7.56. The molecule has 1 rings (SSSR count). The van der Waals surface area contributed by atoms with Crippen molar-refractivity contribution in [3.05, 3.63) is 29.2 Å². The van der Waals surface area contributed by atoms with Gasteiger partial charge in [0, 0.05) is 15.7 Å². The van der Waals surface area contributed by atoms with E-state index in [1.807, 2.05) is 0 Å². The topological polar surface area (TPSA) is 46.1 Å². The molecule has 0 unspecified atom stereocenters. The molecule has 0 fully saturated rings. The van der Waals surface area contributed by atoms with Crippen molar-refractivity contribution in [1.29, 1.82) is 0 Å². The maximum atomic E-state index is 10.7. The monoisotopic (exact) mass is 137 g/mol. The van der Waals surface area contributed by atoms with Gasteiger partial charge in [0.1, 0.15) is 5.69 Å². The van der Waals surface area contributed by atoms with Crippen LogP contribution in [0.15, 0.2) is 24.3 Å². The highest BCUT2D eigenvalue weighted by atomic mass is 16.3. The van der Waals surface area contributed by atoms with Crippen LogP contribution in [0.25, 0.3) is 0 Å². The lowest BCUT2D eigenvalue weighted by Crippen LogP contribution is -1.95. The van der Waals surface area contributed by atoms with Crippen LogP contribution in [0.1, 0.15) is 0 Å². The first-order valence-corrected chi connectivity index (χ1v) is 2.97. The van der Waals surface area contributed by atoms with E-state index in [2.05, 4.69) is 0 Å². The fraction of sp³-hybridized carbons (Fsp3) is 0.143. The average molecular weight is 137 g/mol. The van der Waals surface area contributed by atoms with Crippen molar-refractivity contribution in [1.82, 2.24) is 0 Å². The quantitative estimate of drug-likeness (QED) is 0.468. The summed E-state index contributed by atoms with van der Waals surface area (Å²) in [6, 6.07) is 6.95. The second kappa shape index (κ2) is 2.47. The number of nitrogen functional groups attached to an aromatic ring is 1. The van der Waals surface area contributed by atoms with E-state index in [1.54, 1.807) is 24.3 Å². The lowest BCUT2D eigenvalue weighted by atomic mass is 10.3. The lowest BCUT2D eigenvalue weighted by molar-refractivity contribution is -0.427. The number of rotatable bonds is 1. The fourth-order valence-corrected chi connectivity index (χ4v) is 0.774. The summed E-state index contributed by atoms with van der Waals surface area (Å²) in [6.07, 6.45) is 0. The minimum absolute atomic E-state index is 0.514. The van der Waals surface area contributed by atoms with Crippen LogP contribution >= 0.6 is 0 Å². The summed E-state index contributed by atoms with van der Waals surface area (Å²) in [7, 11) is 1.42. The van der Waals surface area contributed by atoms with Crippen molar-refractivity contribution in [3.8, 4) is 0 Å². The molecule has 10 heavy (non-hydrogen) atoms. The molecular formula is C7H9N2O+. The molecule has 0 aliphatic rings. The van der Waals surface area contributed by atoms with E-state index in [4.69, 9.17) is 5.73 Å². The summed E-state index contributed by atoms with van der Waals surface area (Å²) < 4.78 is 0.745. The molecule has 0 saturated carbocycles. The molecule has 0 atom stereocenters. The molecule has 0 saturated heterocycles. The Hall–Kier alpha value is -1.38.